The first kappa shape index (κ1) is 31.8. The summed E-state index contributed by atoms with van der Waals surface area (Å²) in [5, 5.41) is 12.1. The molecule has 3 nitrogen and oxygen atoms in total. The van der Waals surface area contributed by atoms with Gasteiger partial charge >= 0.3 is 0 Å². The summed E-state index contributed by atoms with van der Waals surface area (Å²) in [4.78, 5) is 17.9. The Labute approximate surface area is 267 Å². The Balaban J connectivity index is 0.000000249. The molecule has 0 aliphatic heterocycles. The van der Waals surface area contributed by atoms with Crippen molar-refractivity contribution in [2.45, 2.75) is 60.8 Å². The summed E-state index contributed by atoms with van der Waals surface area (Å²) in [6, 6.07) is 29.2. The number of aliphatic hydroxyl groups excluding tert-OH is 1. The van der Waals surface area contributed by atoms with Crippen molar-refractivity contribution in [1.82, 2.24) is 4.98 Å². The van der Waals surface area contributed by atoms with E-state index in [4.69, 9.17) is 4.98 Å². The smallest absolute Gasteiger partial charge is 0.164 e. The summed E-state index contributed by atoms with van der Waals surface area (Å²) in [5.74, 6) is 0.104. The molecule has 0 fully saturated rings. The number of carbonyl (C=O) groups is 1. The summed E-state index contributed by atoms with van der Waals surface area (Å²) < 4.78 is 1.37. The molecule has 42 heavy (non-hydrogen) atoms. The van der Waals surface area contributed by atoms with Crippen LogP contribution in [0.15, 0.2) is 84.6 Å². The molecular formula is C37H38IrNO2S-. The van der Waals surface area contributed by atoms with E-state index in [1.54, 1.807) is 0 Å². The van der Waals surface area contributed by atoms with Gasteiger partial charge in [0, 0.05) is 46.6 Å². The Hall–Kier alpha value is -3.11. The van der Waals surface area contributed by atoms with Crippen LogP contribution in [-0.4, -0.2) is 15.9 Å². The summed E-state index contributed by atoms with van der Waals surface area (Å²) in [6.45, 7) is 15.8. The van der Waals surface area contributed by atoms with Crippen LogP contribution in [-0.2, 0) is 30.3 Å². The molecule has 1 aliphatic rings. The average molecular weight is 753 g/mol. The number of allylic oxidation sites excluding steroid dienone is 2. The van der Waals surface area contributed by atoms with E-state index in [9.17, 15) is 9.90 Å². The fraction of sp³-hybridized carbons (Fsp3) is 0.297. The molecule has 1 N–H and O–H groups in total. The standard InChI is InChI=1S/C26H18NS.C11H20O2.Ir/c1-26(2)23-17(21-15-14-16-8-3-5-12-20(16)27-21)10-7-11-19(23)25-24(26)18-9-4-6-13-22(18)28-25;1-10(2,3)8(12)7-9(13)11(4,5)6;/h3-9,11-15H,1-2H3;7,12H,1-6H3;/q-1;;/b;8-7-;. The van der Waals surface area contributed by atoms with Gasteiger partial charge in [-0.15, -0.1) is 40.7 Å². The van der Waals surface area contributed by atoms with Gasteiger partial charge in [-0.05, 0) is 39.6 Å². The molecular weight excluding hydrogens is 715 g/mol. The van der Waals surface area contributed by atoms with Gasteiger partial charge < -0.3 is 5.11 Å². The number of carbonyl (C=O) groups excluding carboxylic acids is 1. The Bertz CT molecular complexity index is 1820. The van der Waals surface area contributed by atoms with Crippen molar-refractivity contribution in [2.24, 2.45) is 10.8 Å². The average Bonchev–Trinajstić information content (AvgIpc) is 3.41. The van der Waals surface area contributed by atoms with Gasteiger partial charge in [-0.1, -0.05) is 109 Å². The molecule has 1 radical (unpaired) electrons. The van der Waals surface area contributed by atoms with Crippen LogP contribution in [0.25, 0.3) is 42.7 Å². The third kappa shape index (κ3) is 5.88. The normalized spacial score (nSPS) is 14.0. The molecule has 1 aliphatic carbocycles. The van der Waals surface area contributed by atoms with Crippen LogP contribution in [0.1, 0.15) is 66.5 Å². The van der Waals surface area contributed by atoms with Gasteiger partial charge in [-0.25, -0.2) is 0 Å². The van der Waals surface area contributed by atoms with Gasteiger partial charge in [0.1, 0.15) is 5.76 Å². The zero-order valence-electron chi connectivity index (χ0n) is 25.5. The van der Waals surface area contributed by atoms with Crippen molar-refractivity contribution in [3.8, 4) is 21.7 Å². The van der Waals surface area contributed by atoms with Crippen LogP contribution in [0.4, 0.5) is 0 Å². The molecule has 0 amide bonds. The second-order valence-corrected chi connectivity index (χ2v) is 14.4. The molecule has 0 spiro atoms. The van der Waals surface area contributed by atoms with Crippen molar-refractivity contribution in [3.63, 3.8) is 0 Å². The predicted octanol–water partition coefficient (Wildman–Crippen LogP) is 10.3. The van der Waals surface area contributed by atoms with Crippen molar-refractivity contribution < 1.29 is 30.0 Å². The number of rotatable bonds is 2. The van der Waals surface area contributed by atoms with E-state index in [0.717, 1.165) is 16.8 Å². The monoisotopic (exact) mass is 753 g/mol. The molecule has 2 aromatic heterocycles. The minimum atomic E-state index is -0.417. The van der Waals surface area contributed by atoms with Crippen LogP contribution in [0.3, 0.4) is 0 Å². The van der Waals surface area contributed by atoms with E-state index < -0.39 is 5.41 Å². The molecule has 0 saturated heterocycles. The Morgan fingerprint density at radius 2 is 1.55 bits per heavy atom. The maximum atomic E-state index is 11.5. The van der Waals surface area contributed by atoms with E-state index in [1.165, 1.54) is 43.1 Å². The fourth-order valence-corrected chi connectivity index (χ4v) is 6.68. The largest absolute Gasteiger partial charge is 0.512 e. The number of nitrogens with zero attached hydrogens (tertiary/aromatic N) is 1. The van der Waals surface area contributed by atoms with Crippen molar-refractivity contribution in [3.05, 3.63) is 102 Å². The third-order valence-corrected chi connectivity index (χ3v) is 8.92. The van der Waals surface area contributed by atoms with E-state index in [0.29, 0.717) is 0 Å². The number of aliphatic hydroxyl groups is 1. The minimum absolute atomic E-state index is 0. The van der Waals surface area contributed by atoms with Crippen LogP contribution < -0.4 is 0 Å². The van der Waals surface area contributed by atoms with Crippen LogP contribution >= 0.6 is 11.3 Å². The number of hydrogen-bond donors (Lipinski definition) is 1. The van der Waals surface area contributed by atoms with Gasteiger partial charge in [-0.3, -0.25) is 9.78 Å². The van der Waals surface area contributed by atoms with Crippen molar-refractivity contribution in [2.75, 3.05) is 0 Å². The Kier molecular flexibility index (Phi) is 8.73. The van der Waals surface area contributed by atoms with E-state index in [2.05, 4.69) is 86.6 Å². The predicted molar refractivity (Wildman–Crippen MR) is 174 cm³/mol. The molecule has 6 rings (SSSR count). The Morgan fingerprint density at radius 1 is 0.881 bits per heavy atom. The SMILES string of the molecule is CC(C)(C)C(=O)/C=C(\O)C(C)(C)C.CC1(C)c2c(-c3ccc4ccccc4n3)[c-]ccc2-c2sc3ccccc3c21.[Ir]. The Morgan fingerprint density at radius 3 is 2.24 bits per heavy atom. The molecule has 219 valence electrons. The number of ketones is 1. The first-order valence-corrected chi connectivity index (χ1v) is 14.9. The topological polar surface area (TPSA) is 50.2 Å². The zero-order valence-corrected chi connectivity index (χ0v) is 28.8. The maximum Gasteiger partial charge on any atom is 0.164 e. The fourth-order valence-electron chi connectivity index (χ4n) is 5.28. The van der Waals surface area contributed by atoms with E-state index in [1.807, 2.05) is 58.9 Å². The van der Waals surface area contributed by atoms with E-state index >= 15 is 0 Å². The second kappa shape index (κ2) is 11.5. The van der Waals surface area contributed by atoms with Crippen LogP contribution in [0, 0.1) is 16.9 Å². The molecule has 5 aromatic rings. The first-order chi connectivity index (χ1) is 19.2. The molecule has 0 atom stereocenters. The van der Waals surface area contributed by atoms with Gasteiger partial charge in [0.15, 0.2) is 5.78 Å². The zero-order chi connectivity index (χ0) is 29.7. The number of para-hydroxylation sites is 1. The number of pyridine rings is 1. The van der Waals surface area contributed by atoms with Gasteiger partial charge in [0.25, 0.3) is 0 Å². The summed E-state index contributed by atoms with van der Waals surface area (Å²) in [5.41, 5.74) is 6.45. The third-order valence-electron chi connectivity index (χ3n) is 7.72. The number of benzene rings is 3. The summed E-state index contributed by atoms with van der Waals surface area (Å²) >= 11 is 1.90. The van der Waals surface area contributed by atoms with Gasteiger partial charge in [0.2, 0.25) is 0 Å². The molecule has 2 heterocycles. The number of thiophene rings is 1. The molecule has 0 bridgehead atoms. The minimum Gasteiger partial charge on any atom is -0.512 e. The number of fused-ring (bicyclic) bond motifs is 6. The molecule has 0 unspecified atom stereocenters. The van der Waals surface area contributed by atoms with Crippen LogP contribution in [0.2, 0.25) is 0 Å². The van der Waals surface area contributed by atoms with Crippen molar-refractivity contribution >= 4 is 38.1 Å². The summed E-state index contributed by atoms with van der Waals surface area (Å²) in [6.07, 6.45) is 1.33. The van der Waals surface area contributed by atoms with Crippen LogP contribution in [0.5, 0.6) is 0 Å². The number of hydrogen-bond acceptors (Lipinski definition) is 4. The molecule has 0 saturated carbocycles. The number of aromatic nitrogens is 1. The summed E-state index contributed by atoms with van der Waals surface area (Å²) in [7, 11) is 0. The maximum absolute atomic E-state index is 11.5. The van der Waals surface area contributed by atoms with Gasteiger partial charge in [-0.2, -0.15) is 0 Å². The van der Waals surface area contributed by atoms with E-state index in [-0.39, 0.29) is 42.5 Å². The van der Waals surface area contributed by atoms with Crippen molar-refractivity contribution in [1.29, 1.82) is 0 Å². The van der Waals surface area contributed by atoms with Gasteiger partial charge in [0.05, 0.1) is 5.52 Å². The molecule has 3 aromatic carbocycles. The first-order valence-electron chi connectivity index (χ1n) is 14.1. The quantitative estimate of drug-likeness (QED) is 0.111. The molecule has 5 heteroatoms. The second-order valence-electron chi connectivity index (χ2n) is 13.4.